The monoisotopic (exact) mass is 449 g/mol. The quantitative estimate of drug-likeness (QED) is 0.452. The Morgan fingerprint density at radius 3 is 3.00 bits per heavy atom. The number of carbonyl (C=O) groups is 1. The van der Waals surface area contributed by atoms with Crippen molar-refractivity contribution in [3.63, 3.8) is 0 Å². The van der Waals surface area contributed by atoms with Gasteiger partial charge in [0.15, 0.2) is 0 Å². The molecule has 0 spiro atoms. The van der Waals surface area contributed by atoms with Crippen LogP contribution in [0.2, 0.25) is 0 Å². The minimum Gasteiger partial charge on any atom is -0.395 e. The average Bonchev–Trinajstić information content (AvgIpc) is 3.52. The topological polar surface area (TPSA) is 83.3 Å². The second kappa shape index (κ2) is 8.97. The molecular weight excluding hydrogens is 422 g/mol. The first-order chi connectivity index (χ1) is 15.7. The van der Waals surface area contributed by atoms with Crippen LogP contribution in [0.4, 0.5) is 0 Å². The molecule has 5 rings (SSSR count). The number of aliphatic hydroxyl groups excluding tert-OH is 1. The fourth-order valence-corrected chi connectivity index (χ4v) is 5.93. The molecule has 32 heavy (non-hydrogen) atoms. The second-order valence-corrected chi connectivity index (χ2v) is 9.16. The summed E-state index contributed by atoms with van der Waals surface area (Å²) in [5.41, 5.74) is 3.32. The zero-order chi connectivity index (χ0) is 22.1. The number of fused-ring (bicyclic) bond motifs is 2. The number of imidazole rings is 1. The maximum atomic E-state index is 12.8. The number of amides is 1. The van der Waals surface area contributed by atoms with Gasteiger partial charge in [-0.25, -0.2) is 9.97 Å². The van der Waals surface area contributed by atoms with Gasteiger partial charge in [0.25, 0.3) is 5.91 Å². The predicted octanol–water partition coefficient (Wildman–Crippen LogP) is 3.38. The summed E-state index contributed by atoms with van der Waals surface area (Å²) in [7, 11) is 0. The third-order valence-electron chi connectivity index (χ3n) is 6.20. The Balaban J connectivity index is 1.42. The molecule has 1 aliphatic rings. The number of pyridine rings is 1. The highest BCUT2D eigenvalue weighted by molar-refractivity contribution is 7.20. The summed E-state index contributed by atoms with van der Waals surface area (Å²) < 4.78 is 2.29. The van der Waals surface area contributed by atoms with E-state index in [1.165, 1.54) is 16.9 Å². The maximum Gasteiger partial charge on any atom is 0.261 e. The Bertz CT molecular complexity index is 1260. The molecule has 4 aromatic rings. The van der Waals surface area contributed by atoms with Crippen molar-refractivity contribution in [2.75, 3.05) is 26.2 Å². The summed E-state index contributed by atoms with van der Waals surface area (Å²) in [6, 6.07) is 12.3. The van der Waals surface area contributed by atoms with Gasteiger partial charge in [-0.3, -0.25) is 9.69 Å². The molecule has 0 radical (unpaired) electrons. The molecule has 166 valence electrons. The first-order valence-electron chi connectivity index (χ1n) is 11.1. The van der Waals surface area contributed by atoms with Crippen LogP contribution in [-0.4, -0.2) is 56.7 Å². The van der Waals surface area contributed by atoms with Gasteiger partial charge in [0.05, 0.1) is 29.1 Å². The summed E-state index contributed by atoms with van der Waals surface area (Å²) in [5, 5.41) is 13.0. The van der Waals surface area contributed by atoms with E-state index in [1.807, 2.05) is 12.1 Å². The number of thiophene rings is 1. The van der Waals surface area contributed by atoms with Crippen LogP contribution >= 0.6 is 11.3 Å². The van der Waals surface area contributed by atoms with Crippen LogP contribution in [0.3, 0.4) is 0 Å². The van der Waals surface area contributed by atoms with Crippen LogP contribution in [0.25, 0.3) is 21.3 Å². The second-order valence-electron chi connectivity index (χ2n) is 8.16. The van der Waals surface area contributed by atoms with E-state index in [0.29, 0.717) is 0 Å². The molecule has 1 atom stereocenters. The fourth-order valence-electron chi connectivity index (χ4n) is 4.79. The van der Waals surface area contributed by atoms with Gasteiger partial charge in [-0.15, -0.1) is 11.3 Å². The van der Waals surface area contributed by atoms with E-state index in [2.05, 4.69) is 51.0 Å². The zero-order valence-corrected chi connectivity index (χ0v) is 18.9. The van der Waals surface area contributed by atoms with Crippen LogP contribution in [0.1, 0.15) is 40.3 Å². The highest BCUT2D eigenvalue weighted by Crippen LogP contribution is 2.39. The molecular formula is C24H27N5O2S. The number of para-hydroxylation sites is 2. The number of carbonyl (C=O) groups excluding carboxylic acids is 1. The van der Waals surface area contributed by atoms with Crippen LogP contribution in [-0.2, 0) is 13.1 Å². The van der Waals surface area contributed by atoms with Gasteiger partial charge in [-0.1, -0.05) is 18.2 Å². The van der Waals surface area contributed by atoms with E-state index in [9.17, 15) is 4.79 Å². The van der Waals surface area contributed by atoms with Crippen LogP contribution in [0, 0.1) is 0 Å². The van der Waals surface area contributed by atoms with Crippen molar-refractivity contribution in [3.05, 3.63) is 58.9 Å². The first-order valence-corrected chi connectivity index (χ1v) is 11.9. The van der Waals surface area contributed by atoms with Crippen molar-refractivity contribution in [1.29, 1.82) is 0 Å². The van der Waals surface area contributed by atoms with Crippen molar-refractivity contribution in [2.24, 2.45) is 0 Å². The zero-order valence-electron chi connectivity index (χ0n) is 18.1. The normalized spacial score (nSPS) is 16.9. The fraction of sp³-hybridized carbons (Fsp3) is 0.375. The van der Waals surface area contributed by atoms with E-state index in [4.69, 9.17) is 10.1 Å². The molecule has 3 aromatic heterocycles. The van der Waals surface area contributed by atoms with Crippen LogP contribution in [0.15, 0.2) is 42.6 Å². The molecule has 4 heterocycles. The van der Waals surface area contributed by atoms with Gasteiger partial charge in [-0.2, -0.15) is 0 Å². The van der Waals surface area contributed by atoms with E-state index in [1.54, 1.807) is 6.20 Å². The van der Waals surface area contributed by atoms with E-state index in [0.717, 1.165) is 64.6 Å². The minimum absolute atomic E-state index is 0.0696. The van der Waals surface area contributed by atoms with Crippen molar-refractivity contribution in [2.45, 2.75) is 32.4 Å². The lowest BCUT2D eigenvalue weighted by Gasteiger charge is -2.17. The highest BCUT2D eigenvalue weighted by Gasteiger charge is 2.31. The summed E-state index contributed by atoms with van der Waals surface area (Å²) in [6.07, 6.45) is 2.77. The molecule has 1 saturated heterocycles. The average molecular weight is 450 g/mol. The lowest BCUT2D eigenvalue weighted by Crippen LogP contribution is -2.27. The number of benzene rings is 1. The first kappa shape index (κ1) is 21.1. The van der Waals surface area contributed by atoms with E-state index in [-0.39, 0.29) is 25.0 Å². The van der Waals surface area contributed by atoms with Gasteiger partial charge in [0, 0.05) is 37.1 Å². The van der Waals surface area contributed by atoms with Crippen LogP contribution < -0.4 is 5.32 Å². The molecule has 8 heteroatoms. The van der Waals surface area contributed by atoms with E-state index >= 15 is 0 Å². The molecule has 1 amide bonds. The van der Waals surface area contributed by atoms with Crippen LogP contribution in [0.5, 0.6) is 0 Å². The standard InChI is InChI=1S/C24H27N5O2S/c1-2-29-19-8-4-3-7-18(19)27-20(29)15-28-12-9-16(14-28)21-17-6-5-10-26-24(17)32-22(21)23(31)25-11-13-30/h3-8,10,16,30H,2,9,11-15H2,1H3,(H,25,31)/t16-/m1/s1. The molecule has 0 aliphatic carbocycles. The summed E-state index contributed by atoms with van der Waals surface area (Å²) >= 11 is 1.44. The molecule has 0 saturated carbocycles. The predicted molar refractivity (Wildman–Crippen MR) is 127 cm³/mol. The Labute approximate surface area is 190 Å². The lowest BCUT2D eigenvalue weighted by molar-refractivity contribution is 0.0947. The van der Waals surface area contributed by atoms with Gasteiger partial charge >= 0.3 is 0 Å². The number of aryl methyl sites for hydroxylation is 1. The van der Waals surface area contributed by atoms with E-state index < -0.39 is 0 Å². The third kappa shape index (κ3) is 3.79. The number of likely N-dealkylation sites (tertiary alicyclic amines) is 1. The molecule has 0 bridgehead atoms. The van der Waals surface area contributed by atoms with Crippen molar-refractivity contribution < 1.29 is 9.90 Å². The number of nitrogens with zero attached hydrogens (tertiary/aromatic N) is 4. The number of aromatic nitrogens is 3. The Kier molecular flexibility index (Phi) is 5.91. The number of hydrogen-bond donors (Lipinski definition) is 2. The van der Waals surface area contributed by atoms with Gasteiger partial charge in [-0.05, 0) is 43.7 Å². The Morgan fingerprint density at radius 2 is 2.16 bits per heavy atom. The van der Waals surface area contributed by atoms with Gasteiger partial charge in [0.2, 0.25) is 0 Å². The van der Waals surface area contributed by atoms with Crippen molar-refractivity contribution >= 4 is 38.5 Å². The highest BCUT2D eigenvalue weighted by atomic mass is 32.1. The van der Waals surface area contributed by atoms with Gasteiger partial charge in [0.1, 0.15) is 10.7 Å². The number of rotatable bonds is 7. The molecule has 1 fully saturated rings. The number of aliphatic hydroxyl groups is 1. The van der Waals surface area contributed by atoms with Crippen molar-refractivity contribution in [3.8, 4) is 0 Å². The lowest BCUT2D eigenvalue weighted by atomic mass is 9.95. The molecule has 1 aliphatic heterocycles. The molecule has 0 unspecified atom stereocenters. The number of nitrogens with one attached hydrogen (secondary N) is 1. The summed E-state index contributed by atoms with van der Waals surface area (Å²) in [4.78, 5) is 26.3. The molecule has 2 N–H and O–H groups in total. The number of hydrogen-bond acceptors (Lipinski definition) is 6. The minimum atomic E-state index is -0.122. The molecule has 1 aromatic carbocycles. The summed E-state index contributed by atoms with van der Waals surface area (Å²) in [5.74, 6) is 1.23. The smallest absolute Gasteiger partial charge is 0.261 e. The Hall–Kier alpha value is -2.81. The summed E-state index contributed by atoms with van der Waals surface area (Å²) in [6.45, 7) is 5.88. The Morgan fingerprint density at radius 1 is 1.28 bits per heavy atom. The largest absolute Gasteiger partial charge is 0.395 e. The maximum absolute atomic E-state index is 12.8. The van der Waals surface area contributed by atoms with Crippen molar-refractivity contribution in [1.82, 2.24) is 24.8 Å². The van der Waals surface area contributed by atoms with Gasteiger partial charge < -0.3 is 15.0 Å². The third-order valence-corrected chi connectivity index (χ3v) is 7.33. The molecule has 7 nitrogen and oxygen atoms in total. The SMILES string of the molecule is CCn1c(CN2CC[C@@H](c3c(C(=O)NCCO)sc4ncccc34)C2)nc2ccccc21.